The monoisotopic (exact) mass is 307 g/mol. The van der Waals surface area contributed by atoms with E-state index in [1.165, 1.54) is 0 Å². The van der Waals surface area contributed by atoms with Crippen LogP contribution >= 0.6 is 0 Å². The standard InChI is InChI=1S/C15H21N3O4/c1-15(2,3)22-14(21)17-11-8-18(9-11)12(13(19)20)10-5-4-6-16-7-10/h4-7,11-12H,8-9H2,1-3H3,(H,17,21)(H,19,20)/t12-/m0/s1. The molecule has 0 aliphatic carbocycles. The summed E-state index contributed by atoms with van der Waals surface area (Å²) in [7, 11) is 0. The minimum absolute atomic E-state index is 0.103. The van der Waals surface area contributed by atoms with Crippen LogP contribution in [0.3, 0.4) is 0 Å². The van der Waals surface area contributed by atoms with Gasteiger partial charge in [-0.25, -0.2) is 4.79 Å². The smallest absolute Gasteiger partial charge is 0.407 e. The van der Waals surface area contributed by atoms with E-state index in [0.29, 0.717) is 18.7 Å². The van der Waals surface area contributed by atoms with Crippen LogP contribution in [0.1, 0.15) is 32.4 Å². The normalized spacial score (nSPS) is 17.4. The first-order chi connectivity index (χ1) is 10.3. The number of hydrogen-bond acceptors (Lipinski definition) is 5. The van der Waals surface area contributed by atoms with Crippen molar-refractivity contribution in [3.63, 3.8) is 0 Å². The van der Waals surface area contributed by atoms with E-state index >= 15 is 0 Å². The van der Waals surface area contributed by atoms with E-state index in [1.807, 2.05) is 0 Å². The van der Waals surface area contributed by atoms with E-state index < -0.39 is 23.7 Å². The van der Waals surface area contributed by atoms with Gasteiger partial charge in [0.05, 0.1) is 6.04 Å². The van der Waals surface area contributed by atoms with Gasteiger partial charge < -0.3 is 15.2 Å². The molecule has 7 heteroatoms. The van der Waals surface area contributed by atoms with Gasteiger partial charge in [-0.15, -0.1) is 0 Å². The molecule has 22 heavy (non-hydrogen) atoms. The number of carbonyl (C=O) groups excluding carboxylic acids is 1. The second-order valence-corrected chi connectivity index (χ2v) is 6.32. The predicted octanol–water partition coefficient (Wildman–Crippen LogP) is 1.42. The van der Waals surface area contributed by atoms with Gasteiger partial charge in [-0.3, -0.25) is 14.7 Å². The Bertz CT molecular complexity index is 535. The number of carboxylic acids is 1. The van der Waals surface area contributed by atoms with E-state index in [1.54, 1.807) is 50.2 Å². The van der Waals surface area contributed by atoms with Crippen LogP contribution in [0, 0.1) is 0 Å². The molecular weight excluding hydrogens is 286 g/mol. The molecule has 0 saturated carbocycles. The second-order valence-electron chi connectivity index (χ2n) is 6.32. The van der Waals surface area contributed by atoms with Crippen molar-refractivity contribution in [3.05, 3.63) is 30.1 Å². The average molecular weight is 307 g/mol. The van der Waals surface area contributed by atoms with Crippen molar-refractivity contribution in [1.82, 2.24) is 15.2 Å². The minimum atomic E-state index is -0.927. The number of nitrogens with one attached hydrogen (secondary N) is 1. The van der Waals surface area contributed by atoms with Crippen molar-refractivity contribution in [3.8, 4) is 0 Å². The van der Waals surface area contributed by atoms with Gasteiger partial charge >= 0.3 is 12.1 Å². The highest BCUT2D eigenvalue weighted by atomic mass is 16.6. The Morgan fingerprint density at radius 3 is 2.64 bits per heavy atom. The molecule has 1 aliphatic heterocycles. The van der Waals surface area contributed by atoms with Gasteiger partial charge in [-0.1, -0.05) is 6.07 Å². The molecule has 1 saturated heterocycles. The van der Waals surface area contributed by atoms with Gasteiger partial charge in [0.2, 0.25) is 0 Å². The first kappa shape index (κ1) is 16.2. The van der Waals surface area contributed by atoms with Crippen LogP contribution in [0.15, 0.2) is 24.5 Å². The number of carbonyl (C=O) groups is 2. The molecule has 0 unspecified atom stereocenters. The highest BCUT2D eigenvalue weighted by Gasteiger charge is 2.38. The summed E-state index contributed by atoms with van der Waals surface area (Å²) in [6.07, 6.45) is 2.67. The number of aromatic nitrogens is 1. The fourth-order valence-electron chi connectivity index (χ4n) is 2.34. The molecule has 1 amide bonds. The number of pyridine rings is 1. The zero-order valence-electron chi connectivity index (χ0n) is 12.9. The van der Waals surface area contributed by atoms with Crippen molar-refractivity contribution < 1.29 is 19.4 Å². The third kappa shape index (κ3) is 4.17. The maximum absolute atomic E-state index is 11.7. The van der Waals surface area contributed by atoms with Crippen LogP contribution < -0.4 is 5.32 Å². The number of amides is 1. The number of likely N-dealkylation sites (tertiary alicyclic amines) is 1. The van der Waals surface area contributed by atoms with Gasteiger partial charge in [-0.05, 0) is 32.4 Å². The van der Waals surface area contributed by atoms with Crippen LogP contribution in [0.25, 0.3) is 0 Å². The van der Waals surface area contributed by atoms with Crippen molar-refractivity contribution >= 4 is 12.1 Å². The molecule has 1 fully saturated rings. The van der Waals surface area contributed by atoms with Crippen LogP contribution in [-0.4, -0.2) is 51.8 Å². The Hall–Kier alpha value is -2.15. The molecule has 1 aromatic heterocycles. The lowest BCUT2D eigenvalue weighted by Crippen LogP contribution is -2.61. The van der Waals surface area contributed by atoms with Crippen molar-refractivity contribution in [1.29, 1.82) is 0 Å². The number of hydrogen-bond donors (Lipinski definition) is 2. The summed E-state index contributed by atoms with van der Waals surface area (Å²) in [5, 5.41) is 12.1. The van der Waals surface area contributed by atoms with Crippen LogP contribution in [-0.2, 0) is 9.53 Å². The average Bonchev–Trinajstić information content (AvgIpc) is 2.34. The Morgan fingerprint density at radius 2 is 2.14 bits per heavy atom. The second kappa shape index (κ2) is 6.31. The SMILES string of the molecule is CC(C)(C)OC(=O)NC1CN([C@H](C(=O)O)c2cccnc2)C1. The third-order valence-electron chi connectivity index (χ3n) is 3.23. The van der Waals surface area contributed by atoms with Crippen molar-refractivity contribution in [2.24, 2.45) is 0 Å². The molecule has 0 radical (unpaired) electrons. The van der Waals surface area contributed by atoms with Gasteiger partial charge in [0.15, 0.2) is 0 Å². The summed E-state index contributed by atoms with van der Waals surface area (Å²) in [5.74, 6) is -0.927. The van der Waals surface area contributed by atoms with Crippen molar-refractivity contribution in [2.45, 2.75) is 38.5 Å². The number of carboxylic acid groups (broad SMARTS) is 1. The van der Waals surface area contributed by atoms with E-state index in [9.17, 15) is 14.7 Å². The number of aliphatic carboxylic acids is 1. The fourth-order valence-corrected chi connectivity index (χ4v) is 2.34. The lowest BCUT2D eigenvalue weighted by atomic mass is 10.0. The predicted molar refractivity (Wildman–Crippen MR) is 79.3 cm³/mol. The first-order valence-electron chi connectivity index (χ1n) is 7.12. The molecule has 2 N–H and O–H groups in total. The Morgan fingerprint density at radius 1 is 1.45 bits per heavy atom. The molecule has 2 heterocycles. The number of rotatable bonds is 4. The van der Waals surface area contributed by atoms with E-state index in [0.717, 1.165) is 0 Å². The highest BCUT2D eigenvalue weighted by molar-refractivity contribution is 5.75. The fraction of sp³-hybridized carbons (Fsp3) is 0.533. The van der Waals surface area contributed by atoms with Crippen LogP contribution in [0.5, 0.6) is 0 Å². The summed E-state index contributed by atoms with van der Waals surface area (Å²) in [6, 6.07) is 2.60. The Kier molecular flexibility index (Phi) is 4.65. The number of nitrogens with zero attached hydrogens (tertiary/aromatic N) is 2. The molecule has 120 valence electrons. The summed E-state index contributed by atoms with van der Waals surface area (Å²) in [4.78, 5) is 28.9. The lowest BCUT2D eigenvalue weighted by Gasteiger charge is -2.42. The minimum Gasteiger partial charge on any atom is -0.480 e. The molecule has 0 spiro atoms. The van der Waals surface area contributed by atoms with E-state index in [2.05, 4.69) is 10.3 Å². The topological polar surface area (TPSA) is 91.8 Å². The maximum atomic E-state index is 11.7. The quantitative estimate of drug-likeness (QED) is 0.874. The molecule has 0 aromatic carbocycles. The van der Waals surface area contributed by atoms with Gasteiger partial charge in [0, 0.05) is 25.5 Å². The largest absolute Gasteiger partial charge is 0.480 e. The Balaban J connectivity index is 1.89. The zero-order valence-corrected chi connectivity index (χ0v) is 12.9. The summed E-state index contributed by atoms with van der Waals surface area (Å²) >= 11 is 0. The summed E-state index contributed by atoms with van der Waals surface area (Å²) in [5.41, 5.74) is 0.0815. The number of alkyl carbamates (subject to hydrolysis) is 1. The molecule has 2 rings (SSSR count). The molecule has 0 bridgehead atoms. The van der Waals surface area contributed by atoms with E-state index in [4.69, 9.17) is 4.74 Å². The maximum Gasteiger partial charge on any atom is 0.407 e. The summed E-state index contributed by atoms with van der Waals surface area (Å²) in [6.45, 7) is 6.31. The van der Waals surface area contributed by atoms with Crippen LogP contribution in [0.2, 0.25) is 0 Å². The van der Waals surface area contributed by atoms with Gasteiger partial charge in [0.1, 0.15) is 11.6 Å². The highest BCUT2D eigenvalue weighted by Crippen LogP contribution is 2.25. The molecule has 1 atom stereocenters. The van der Waals surface area contributed by atoms with Crippen molar-refractivity contribution in [2.75, 3.05) is 13.1 Å². The first-order valence-corrected chi connectivity index (χ1v) is 7.12. The van der Waals surface area contributed by atoms with Crippen LogP contribution in [0.4, 0.5) is 4.79 Å². The zero-order chi connectivity index (χ0) is 16.3. The van der Waals surface area contributed by atoms with E-state index in [-0.39, 0.29) is 6.04 Å². The number of ether oxygens (including phenoxy) is 1. The van der Waals surface area contributed by atoms with Gasteiger partial charge in [-0.2, -0.15) is 0 Å². The summed E-state index contributed by atoms with van der Waals surface area (Å²) < 4.78 is 5.18. The Labute approximate surface area is 129 Å². The molecule has 1 aliphatic rings. The molecule has 7 nitrogen and oxygen atoms in total. The van der Waals surface area contributed by atoms with Gasteiger partial charge in [0.25, 0.3) is 0 Å². The molecule has 1 aromatic rings. The molecular formula is C15H21N3O4. The lowest BCUT2D eigenvalue weighted by molar-refractivity contribution is -0.145. The third-order valence-corrected chi connectivity index (χ3v) is 3.23.